The number of primary amides is 1. The van der Waals surface area contributed by atoms with Crippen molar-refractivity contribution in [1.29, 1.82) is 0 Å². The number of ether oxygens (including phenoxy) is 2. The first-order valence-electron chi connectivity index (χ1n) is 11.4. The number of carbonyl (C=O) groups is 2. The van der Waals surface area contributed by atoms with Gasteiger partial charge in [0.25, 0.3) is 11.8 Å². The molecular weight excluding hydrogens is 430 g/mol. The summed E-state index contributed by atoms with van der Waals surface area (Å²) in [5.41, 5.74) is 11.3. The predicted molar refractivity (Wildman–Crippen MR) is 131 cm³/mol. The molecule has 0 saturated heterocycles. The van der Waals surface area contributed by atoms with Crippen LogP contribution >= 0.6 is 0 Å². The molecular formula is C27H27N3O4. The predicted octanol–water partition coefficient (Wildman–Crippen LogP) is 4.59. The Morgan fingerprint density at radius 2 is 1.82 bits per heavy atom. The van der Waals surface area contributed by atoms with Gasteiger partial charge in [-0.25, -0.2) is 0 Å². The Bertz CT molecular complexity index is 1290. The number of para-hydroxylation sites is 1. The zero-order chi connectivity index (χ0) is 23.8. The molecule has 0 bridgehead atoms. The first kappa shape index (κ1) is 21.8. The summed E-state index contributed by atoms with van der Waals surface area (Å²) in [5.74, 6) is 0.526. The van der Waals surface area contributed by atoms with E-state index in [1.165, 1.54) is 0 Å². The number of carbonyl (C=O) groups excluding carboxylic acids is 2. The van der Waals surface area contributed by atoms with Crippen molar-refractivity contribution in [2.24, 2.45) is 5.73 Å². The molecule has 7 nitrogen and oxygen atoms in total. The molecule has 3 N–H and O–H groups in total. The van der Waals surface area contributed by atoms with Crippen molar-refractivity contribution in [3.8, 4) is 11.5 Å². The monoisotopic (exact) mass is 457 g/mol. The topological polar surface area (TPSA) is 93.9 Å². The molecule has 1 unspecified atom stereocenters. The average molecular weight is 458 g/mol. The second-order valence-electron chi connectivity index (χ2n) is 8.75. The molecule has 34 heavy (non-hydrogen) atoms. The van der Waals surface area contributed by atoms with E-state index in [2.05, 4.69) is 17.1 Å². The maximum atomic E-state index is 13.0. The fourth-order valence-corrected chi connectivity index (χ4v) is 4.68. The highest BCUT2D eigenvalue weighted by molar-refractivity contribution is 6.05. The second kappa shape index (κ2) is 8.74. The average Bonchev–Trinajstić information content (AvgIpc) is 2.84. The third kappa shape index (κ3) is 3.94. The number of nitrogens with zero attached hydrogens (tertiary/aromatic N) is 1. The standard InChI is InChI=1S/C27H27N3O4/c1-16-6-10-20(29-27(32)19-9-11-23-24(14-19)34-13-12-33-23)15-22(16)30-17(2)7-8-18-4-3-5-21(25(18)30)26(28)31/h3-6,9-11,14-15,17H,7-8,12-13H2,1-2H3,(H2,28,31)(H,29,32). The first-order valence-corrected chi connectivity index (χ1v) is 11.4. The van der Waals surface area contributed by atoms with E-state index in [4.69, 9.17) is 15.2 Å². The molecule has 0 radical (unpaired) electrons. The van der Waals surface area contributed by atoms with Crippen LogP contribution in [0, 0.1) is 6.92 Å². The number of nitrogens with one attached hydrogen (secondary N) is 1. The lowest BCUT2D eigenvalue weighted by molar-refractivity contribution is 0.0997. The minimum absolute atomic E-state index is 0.162. The van der Waals surface area contributed by atoms with Crippen molar-refractivity contribution in [3.63, 3.8) is 0 Å². The molecule has 0 fully saturated rings. The molecule has 2 aliphatic heterocycles. The minimum Gasteiger partial charge on any atom is -0.486 e. The fraction of sp³-hybridized carbons (Fsp3) is 0.259. The SMILES string of the molecule is Cc1ccc(NC(=O)c2ccc3c(c2)OCCO3)cc1N1c2c(cccc2C(N)=O)CCC1C. The Labute approximate surface area is 198 Å². The van der Waals surface area contributed by atoms with Crippen LogP contribution in [0.25, 0.3) is 0 Å². The Morgan fingerprint density at radius 1 is 1.03 bits per heavy atom. The van der Waals surface area contributed by atoms with Gasteiger partial charge in [-0.05, 0) is 74.2 Å². The highest BCUT2D eigenvalue weighted by Crippen LogP contribution is 2.41. The molecule has 3 aromatic carbocycles. The first-order chi connectivity index (χ1) is 16.4. The van der Waals surface area contributed by atoms with Crippen molar-refractivity contribution in [1.82, 2.24) is 0 Å². The highest BCUT2D eigenvalue weighted by Gasteiger charge is 2.29. The van der Waals surface area contributed by atoms with Crippen LogP contribution in [0.3, 0.4) is 0 Å². The van der Waals surface area contributed by atoms with E-state index in [0.29, 0.717) is 41.5 Å². The molecule has 2 amide bonds. The van der Waals surface area contributed by atoms with Crippen molar-refractivity contribution in [2.75, 3.05) is 23.4 Å². The van der Waals surface area contributed by atoms with Gasteiger partial charge in [-0.1, -0.05) is 18.2 Å². The smallest absolute Gasteiger partial charge is 0.255 e. The normalized spacial score (nSPS) is 16.5. The lowest BCUT2D eigenvalue weighted by Gasteiger charge is -2.39. The summed E-state index contributed by atoms with van der Waals surface area (Å²) in [6.45, 7) is 5.12. The zero-order valence-corrected chi connectivity index (χ0v) is 19.3. The third-order valence-corrected chi connectivity index (χ3v) is 6.43. The highest BCUT2D eigenvalue weighted by atomic mass is 16.6. The summed E-state index contributed by atoms with van der Waals surface area (Å²) in [6, 6.07) is 16.8. The van der Waals surface area contributed by atoms with E-state index < -0.39 is 5.91 Å². The Kier molecular flexibility index (Phi) is 5.61. The zero-order valence-electron chi connectivity index (χ0n) is 19.3. The summed E-state index contributed by atoms with van der Waals surface area (Å²) in [4.78, 5) is 27.4. The van der Waals surface area contributed by atoms with E-state index in [1.807, 2.05) is 37.3 Å². The number of hydrogen-bond donors (Lipinski definition) is 2. The number of nitrogens with two attached hydrogens (primary N) is 1. The third-order valence-electron chi connectivity index (χ3n) is 6.43. The minimum atomic E-state index is -0.448. The Morgan fingerprint density at radius 3 is 2.62 bits per heavy atom. The van der Waals surface area contributed by atoms with Gasteiger partial charge in [0.1, 0.15) is 13.2 Å². The molecule has 0 saturated carbocycles. The number of hydrogen-bond acceptors (Lipinski definition) is 5. The van der Waals surface area contributed by atoms with Crippen molar-refractivity contribution < 1.29 is 19.1 Å². The number of benzene rings is 3. The Balaban J connectivity index is 1.49. The molecule has 0 aromatic heterocycles. The van der Waals surface area contributed by atoms with Gasteiger partial charge in [-0.15, -0.1) is 0 Å². The van der Waals surface area contributed by atoms with Gasteiger partial charge < -0.3 is 25.4 Å². The molecule has 5 rings (SSSR count). The lowest BCUT2D eigenvalue weighted by Crippen LogP contribution is -2.35. The van der Waals surface area contributed by atoms with E-state index in [0.717, 1.165) is 35.3 Å². The quantitative estimate of drug-likeness (QED) is 0.598. The van der Waals surface area contributed by atoms with Crippen LogP contribution in [0.15, 0.2) is 54.6 Å². The van der Waals surface area contributed by atoms with Crippen molar-refractivity contribution in [3.05, 3.63) is 76.9 Å². The van der Waals surface area contributed by atoms with E-state index in [1.54, 1.807) is 24.3 Å². The van der Waals surface area contributed by atoms with E-state index >= 15 is 0 Å². The van der Waals surface area contributed by atoms with Crippen LogP contribution in [0.4, 0.5) is 17.1 Å². The molecule has 3 aromatic rings. The largest absolute Gasteiger partial charge is 0.486 e. The molecule has 174 valence electrons. The van der Waals surface area contributed by atoms with Gasteiger partial charge in [-0.3, -0.25) is 9.59 Å². The summed E-state index contributed by atoms with van der Waals surface area (Å²) in [5, 5.41) is 2.99. The summed E-state index contributed by atoms with van der Waals surface area (Å²) < 4.78 is 11.1. The number of rotatable bonds is 4. The van der Waals surface area contributed by atoms with E-state index in [9.17, 15) is 9.59 Å². The van der Waals surface area contributed by atoms with Crippen LogP contribution in [0.5, 0.6) is 11.5 Å². The molecule has 7 heteroatoms. The second-order valence-corrected chi connectivity index (χ2v) is 8.75. The van der Waals surface area contributed by atoms with E-state index in [-0.39, 0.29) is 11.9 Å². The molecule has 2 heterocycles. The maximum absolute atomic E-state index is 13.0. The molecule has 1 atom stereocenters. The van der Waals surface area contributed by atoms with Crippen LogP contribution in [0.1, 0.15) is 45.2 Å². The molecule has 0 spiro atoms. The van der Waals surface area contributed by atoms with Gasteiger partial charge in [0.2, 0.25) is 0 Å². The summed E-state index contributed by atoms with van der Waals surface area (Å²) in [7, 11) is 0. The van der Waals surface area contributed by atoms with Crippen molar-refractivity contribution >= 4 is 28.9 Å². The lowest BCUT2D eigenvalue weighted by atomic mass is 9.92. The summed E-state index contributed by atoms with van der Waals surface area (Å²) in [6.07, 6.45) is 1.83. The van der Waals surface area contributed by atoms with Crippen LogP contribution in [0.2, 0.25) is 0 Å². The fourth-order valence-electron chi connectivity index (χ4n) is 4.68. The Hall–Kier alpha value is -4.00. The van der Waals surface area contributed by atoms with Gasteiger partial charge in [-0.2, -0.15) is 0 Å². The number of fused-ring (bicyclic) bond motifs is 2. The van der Waals surface area contributed by atoms with Gasteiger partial charge in [0.05, 0.1) is 11.3 Å². The van der Waals surface area contributed by atoms with Gasteiger partial charge in [0, 0.05) is 23.0 Å². The molecule has 2 aliphatic rings. The van der Waals surface area contributed by atoms with Gasteiger partial charge in [0.15, 0.2) is 11.5 Å². The van der Waals surface area contributed by atoms with Crippen molar-refractivity contribution in [2.45, 2.75) is 32.7 Å². The van der Waals surface area contributed by atoms with Crippen LogP contribution < -0.4 is 25.4 Å². The number of anilines is 3. The number of amides is 2. The maximum Gasteiger partial charge on any atom is 0.255 e. The molecule has 0 aliphatic carbocycles. The number of aryl methyl sites for hydroxylation is 2. The summed E-state index contributed by atoms with van der Waals surface area (Å²) >= 11 is 0. The van der Waals surface area contributed by atoms with Crippen LogP contribution in [-0.2, 0) is 6.42 Å². The van der Waals surface area contributed by atoms with Gasteiger partial charge >= 0.3 is 0 Å². The van der Waals surface area contributed by atoms with Crippen LogP contribution in [-0.4, -0.2) is 31.1 Å².